The zero-order valence-corrected chi connectivity index (χ0v) is 14.6. The summed E-state index contributed by atoms with van der Waals surface area (Å²) in [5.41, 5.74) is 5.79. The van der Waals surface area contributed by atoms with Crippen LogP contribution in [0.4, 0.5) is 20.3 Å². The molecule has 2 heterocycles. The van der Waals surface area contributed by atoms with E-state index in [-0.39, 0.29) is 29.6 Å². The zero-order chi connectivity index (χ0) is 19.4. The lowest BCUT2D eigenvalue weighted by Gasteiger charge is -2.32. The number of carbonyl (C=O) groups is 1. The van der Waals surface area contributed by atoms with Gasteiger partial charge in [0, 0.05) is 37.3 Å². The Morgan fingerprint density at radius 3 is 2.59 bits per heavy atom. The largest absolute Gasteiger partial charge is 0.376 e. The molecule has 0 aliphatic carbocycles. The SMILES string of the molecule is N#Cc1cc(F)c(NCc2cccnc2N2CCC(C(N)=O)CC2)c(F)c1. The van der Waals surface area contributed by atoms with Crippen molar-refractivity contribution in [3.05, 3.63) is 53.2 Å². The number of benzene rings is 1. The summed E-state index contributed by atoms with van der Waals surface area (Å²) < 4.78 is 28.1. The molecule has 27 heavy (non-hydrogen) atoms. The van der Waals surface area contributed by atoms with E-state index in [0.717, 1.165) is 17.7 Å². The lowest BCUT2D eigenvalue weighted by atomic mass is 9.96. The van der Waals surface area contributed by atoms with Crippen LogP contribution >= 0.6 is 0 Å². The number of aromatic nitrogens is 1. The number of amides is 1. The number of nitriles is 1. The van der Waals surface area contributed by atoms with Gasteiger partial charge in [0.2, 0.25) is 5.91 Å². The maximum atomic E-state index is 14.1. The van der Waals surface area contributed by atoms with Crippen LogP contribution in [0.3, 0.4) is 0 Å². The number of piperidine rings is 1. The monoisotopic (exact) mass is 371 g/mol. The van der Waals surface area contributed by atoms with Crippen molar-refractivity contribution in [1.29, 1.82) is 5.26 Å². The first-order valence-electron chi connectivity index (χ1n) is 8.60. The highest BCUT2D eigenvalue weighted by Gasteiger charge is 2.25. The molecular weight excluding hydrogens is 352 g/mol. The van der Waals surface area contributed by atoms with E-state index in [1.165, 1.54) is 0 Å². The second-order valence-corrected chi connectivity index (χ2v) is 6.43. The predicted molar refractivity (Wildman–Crippen MR) is 96.8 cm³/mol. The third-order valence-electron chi connectivity index (χ3n) is 4.69. The van der Waals surface area contributed by atoms with Gasteiger partial charge in [-0.25, -0.2) is 13.8 Å². The standard InChI is InChI=1S/C19H19F2N5O/c20-15-8-12(10-22)9-16(21)17(15)25-11-14-2-1-5-24-19(14)26-6-3-13(4-7-26)18(23)27/h1-2,5,8-9,13,25H,3-4,6-7,11H2,(H2,23,27). The van der Waals surface area contributed by atoms with Gasteiger partial charge in [0.15, 0.2) is 11.6 Å². The fraction of sp³-hybridized carbons (Fsp3) is 0.316. The fourth-order valence-electron chi connectivity index (χ4n) is 3.22. The molecule has 1 amide bonds. The molecule has 0 spiro atoms. The average molecular weight is 371 g/mol. The first-order valence-corrected chi connectivity index (χ1v) is 8.60. The van der Waals surface area contributed by atoms with E-state index in [0.29, 0.717) is 31.7 Å². The Balaban J connectivity index is 1.74. The van der Waals surface area contributed by atoms with Gasteiger partial charge in [0.05, 0.1) is 11.6 Å². The number of hydrogen-bond acceptors (Lipinski definition) is 5. The zero-order valence-electron chi connectivity index (χ0n) is 14.6. The number of primary amides is 1. The van der Waals surface area contributed by atoms with Crippen LogP contribution < -0.4 is 16.0 Å². The number of halogens is 2. The summed E-state index contributed by atoms with van der Waals surface area (Å²) in [6.45, 7) is 1.44. The summed E-state index contributed by atoms with van der Waals surface area (Å²) in [5, 5.41) is 11.5. The van der Waals surface area contributed by atoms with E-state index in [4.69, 9.17) is 11.0 Å². The van der Waals surface area contributed by atoms with Crippen molar-refractivity contribution in [2.75, 3.05) is 23.3 Å². The van der Waals surface area contributed by atoms with Crippen LogP contribution in [0.15, 0.2) is 30.5 Å². The van der Waals surface area contributed by atoms with E-state index in [2.05, 4.69) is 10.3 Å². The minimum Gasteiger partial charge on any atom is -0.376 e. The summed E-state index contributed by atoms with van der Waals surface area (Å²) in [7, 11) is 0. The second kappa shape index (κ2) is 7.99. The third kappa shape index (κ3) is 4.14. The molecule has 2 aromatic rings. The van der Waals surface area contributed by atoms with Gasteiger partial charge in [-0.15, -0.1) is 0 Å². The van der Waals surface area contributed by atoms with E-state index in [1.54, 1.807) is 18.3 Å². The van der Waals surface area contributed by atoms with Crippen LogP contribution in [0.5, 0.6) is 0 Å². The molecule has 1 aliphatic heterocycles. The molecule has 1 aromatic heterocycles. The molecule has 0 atom stereocenters. The highest BCUT2D eigenvalue weighted by Crippen LogP contribution is 2.26. The maximum Gasteiger partial charge on any atom is 0.220 e. The molecule has 8 heteroatoms. The number of nitrogens with zero attached hydrogens (tertiary/aromatic N) is 3. The van der Waals surface area contributed by atoms with Crippen molar-refractivity contribution < 1.29 is 13.6 Å². The number of carbonyl (C=O) groups excluding carboxylic acids is 1. The quantitative estimate of drug-likeness (QED) is 0.842. The van der Waals surface area contributed by atoms with Crippen LogP contribution in [-0.2, 0) is 11.3 Å². The van der Waals surface area contributed by atoms with Gasteiger partial charge in [0.1, 0.15) is 11.5 Å². The van der Waals surface area contributed by atoms with Crippen molar-refractivity contribution in [1.82, 2.24) is 4.98 Å². The van der Waals surface area contributed by atoms with Gasteiger partial charge in [-0.2, -0.15) is 5.26 Å². The normalized spacial score (nSPS) is 14.6. The Labute approximate surface area is 155 Å². The summed E-state index contributed by atoms with van der Waals surface area (Å²) >= 11 is 0. The Morgan fingerprint density at radius 1 is 1.33 bits per heavy atom. The lowest BCUT2D eigenvalue weighted by Crippen LogP contribution is -2.39. The van der Waals surface area contributed by atoms with Crippen LogP contribution in [-0.4, -0.2) is 24.0 Å². The van der Waals surface area contributed by atoms with E-state index >= 15 is 0 Å². The molecule has 0 bridgehead atoms. The van der Waals surface area contributed by atoms with E-state index in [9.17, 15) is 13.6 Å². The van der Waals surface area contributed by atoms with Crippen molar-refractivity contribution in [2.45, 2.75) is 19.4 Å². The highest BCUT2D eigenvalue weighted by molar-refractivity contribution is 5.77. The van der Waals surface area contributed by atoms with Crippen LogP contribution in [0.1, 0.15) is 24.0 Å². The topological polar surface area (TPSA) is 95.0 Å². The Hall–Kier alpha value is -3.21. The van der Waals surface area contributed by atoms with Crippen LogP contribution in [0.2, 0.25) is 0 Å². The molecule has 3 N–H and O–H groups in total. The van der Waals surface area contributed by atoms with Gasteiger partial charge in [-0.05, 0) is 31.0 Å². The van der Waals surface area contributed by atoms with Gasteiger partial charge >= 0.3 is 0 Å². The first-order chi connectivity index (χ1) is 13.0. The Morgan fingerprint density at radius 2 is 2.00 bits per heavy atom. The van der Waals surface area contributed by atoms with Gasteiger partial charge < -0.3 is 16.0 Å². The molecule has 0 radical (unpaired) electrons. The molecule has 1 aromatic carbocycles. The van der Waals surface area contributed by atoms with Crippen LogP contribution in [0, 0.1) is 28.9 Å². The Kier molecular flexibility index (Phi) is 5.50. The molecule has 1 aliphatic rings. The third-order valence-corrected chi connectivity index (χ3v) is 4.69. The van der Waals surface area contributed by atoms with Crippen molar-refractivity contribution in [3.63, 3.8) is 0 Å². The first kappa shape index (κ1) is 18.6. The molecule has 0 saturated carbocycles. The number of nitrogens with two attached hydrogens (primary N) is 1. The van der Waals surface area contributed by atoms with Crippen molar-refractivity contribution >= 4 is 17.4 Å². The molecule has 0 unspecified atom stereocenters. The average Bonchev–Trinajstić information content (AvgIpc) is 2.67. The number of anilines is 2. The summed E-state index contributed by atoms with van der Waals surface area (Å²) in [6, 6.07) is 7.28. The van der Waals surface area contributed by atoms with E-state index < -0.39 is 11.6 Å². The van der Waals surface area contributed by atoms with E-state index in [1.807, 2.05) is 11.0 Å². The summed E-state index contributed by atoms with van der Waals surface area (Å²) in [6.07, 6.45) is 2.96. The van der Waals surface area contributed by atoms with Gasteiger partial charge in [-0.3, -0.25) is 4.79 Å². The predicted octanol–water partition coefficient (Wildman–Crippen LogP) is 2.55. The van der Waals surface area contributed by atoms with Crippen molar-refractivity contribution in [2.24, 2.45) is 11.7 Å². The molecule has 1 saturated heterocycles. The smallest absolute Gasteiger partial charge is 0.220 e. The number of nitrogens with one attached hydrogen (secondary N) is 1. The molecule has 3 rings (SSSR count). The minimum absolute atomic E-state index is 0.0741. The molecule has 6 nitrogen and oxygen atoms in total. The Bertz CT molecular complexity index is 865. The second-order valence-electron chi connectivity index (χ2n) is 6.43. The number of hydrogen-bond donors (Lipinski definition) is 2. The minimum atomic E-state index is -0.820. The molecule has 140 valence electrons. The summed E-state index contributed by atoms with van der Waals surface area (Å²) in [5.74, 6) is -1.35. The highest BCUT2D eigenvalue weighted by atomic mass is 19.1. The fourth-order valence-corrected chi connectivity index (χ4v) is 3.22. The van der Waals surface area contributed by atoms with Crippen molar-refractivity contribution in [3.8, 4) is 6.07 Å². The molecule has 1 fully saturated rings. The van der Waals surface area contributed by atoms with Gasteiger partial charge in [0.25, 0.3) is 0 Å². The van der Waals surface area contributed by atoms with Crippen LogP contribution in [0.25, 0.3) is 0 Å². The summed E-state index contributed by atoms with van der Waals surface area (Å²) in [4.78, 5) is 17.8. The number of rotatable bonds is 5. The number of pyridine rings is 1. The maximum absolute atomic E-state index is 14.1. The lowest BCUT2D eigenvalue weighted by molar-refractivity contribution is -0.122. The van der Waals surface area contributed by atoms with Gasteiger partial charge in [-0.1, -0.05) is 6.07 Å². The molecular formula is C19H19F2N5O.